The number of H-pyrrole nitrogens is 1. The highest BCUT2D eigenvalue weighted by Crippen LogP contribution is 2.29. The SMILES string of the molecule is C[C@@](Cc1c[nH]c2ccccc12)(NC(=O)O)C(=O)N[C@@H]1CCc2ccccc2C1N. The van der Waals surface area contributed by atoms with Crippen LogP contribution >= 0.6 is 0 Å². The molecule has 1 aliphatic rings. The number of nitrogens with one attached hydrogen (secondary N) is 3. The van der Waals surface area contributed by atoms with Crippen LogP contribution in [-0.4, -0.2) is 33.7 Å². The van der Waals surface area contributed by atoms with E-state index in [-0.39, 0.29) is 24.4 Å². The van der Waals surface area contributed by atoms with Crippen LogP contribution in [0.2, 0.25) is 0 Å². The molecule has 7 nitrogen and oxygen atoms in total. The predicted octanol–water partition coefficient (Wildman–Crippen LogP) is 2.87. The van der Waals surface area contributed by atoms with Crippen molar-refractivity contribution < 1.29 is 14.7 Å². The molecule has 1 unspecified atom stereocenters. The van der Waals surface area contributed by atoms with E-state index in [1.54, 1.807) is 6.92 Å². The van der Waals surface area contributed by atoms with E-state index in [0.29, 0.717) is 6.42 Å². The van der Waals surface area contributed by atoms with Gasteiger partial charge in [-0.05, 0) is 42.5 Å². The maximum absolute atomic E-state index is 13.3. The summed E-state index contributed by atoms with van der Waals surface area (Å²) >= 11 is 0. The molecular weight excluding hydrogens is 380 g/mol. The van der Waals surface area contributed by atoms with Gasteiger partial charge in [-0.1, -0.05) is 42.5 Å². The van der Waals surface area contributed by atoms with Crippen molar-refractivity contribution >= 4 is 22.9 Å². The zero-order chi connectivity index (χ0) is 21.3. The van der Waals surface area contributed by atoms with E-state index in [4.69, 9.17) is 5.73 Å². The fraction of sp³-hybridized carbons (Fsp3) is 0.304. The average Bonchev–Trinajstić information content (AvgIpc) is 3.12. The Morgan fingerprint density at radius 2 is 1.93 bits per heavy atom. The van der Waals surface area contributed by atoms with Crippen LogP contribution in [0.5, 0.6) is 0 Å². The number of hydrogen-bond acceptors (Lipinski definition) is 3. The monoisotopic (exact) mass is 406 g/mol. The van der Waals surface area contributed by atoms with Gasteiger partial charge in [-0.25, -0.2) is 4.79 Å². The van der Waals surface area contributed by atoms with Gasteiger partial charge in [0.05, 0.1) is 6.04 Å². The van der Waals surface area contributed by atoms with Gasteiger partial charge >= 0.3 is 6.09 Å². The van der Waals surface area contributed by atoms with Crippen molar-refractivity contribution in [3.63, 3.8) is 0 Å². The Morgan fingerprint density at radius 1 is 1.20 bits per heavy atom. The second-order valence-electron chi connectivity index (χ2n) is 8.14. The first-order chi connectivity index (χ1) is 14.4. The molecule has 1 aliphatic carbocycles. The lowest BCUT2D eigenvalue weighted by Gasteiger charge is -2.35. The third-order valence-corrected chi connectivity index (χ3v) is 5.99. The Labute approximate surface area is 174 Å². The molecule has 0 radical (unpaired) electrons. The lowest BCUT2D eigenvalue weighted by atomic mass is 9.83. The molecule has 0 spiro atoms. The molecule has 0 fully saturated rings. The molecule has 3 atom stereocenters. The van der Waals surface area contributed by atoms with Crippen molar-refractivity contribution in [1.82, 2.24) is 15.6 Å². The Balaban J connectivity index is 1.57. The highest BCUT2D eigenvalue weighted by atomic mass is 16.4. The fourth-order valence-corrected chi connectivity index (χ4v) is 4.36. The van der Waals surface area contributed by atoms with Crippen LogP contribution in [0.25, 0.3) is 10.9 Å². The summed E-state index contributed by atoms with van der Waals surface area (Å²) in [4.78, 5) is 28.0. The number of para-hydroxylation sites is 1. The minimum Gasteiger partial charge on any atom is -0.465 e. The third kappa shape index (κ3) is 3.76. The van der Waals surface area contributed by atoms with E-state index in [9.17, 15) is 14.7 Å². The van der Waals surface area contributed by atoms with Crippen molar-refractivity contribution in [3.8, 4) is 0 Å². The van der Waals surface area contributed by atoms with Crippen LogP contribution in [0, 0.1) is 0 Å². The number of fused-ring (bicyclic) bond motifs is 2. The number of amides is 2. The summed E-state index contributed by atoms with van der Waals surface area (Å²) in [5.74, 6) is -0.380. The van der Waals surface area contributed by atoms with Gasteiger partial charge in [0.2, 0.25) is 5.91 Å². The van der Waals surface area contributed by atoms with Gasteiger partial charge in [-0.15, -0.1) is 0 Å². The largest absolute Gasteiger partial charge is 0.465 e. The van der Waals surface area contributed by atoms with Crippen molar-refractivity contribution in [1.29, 1.82) is 0 Å². The van der Waals surface area contributed by atoms with Crippen molar-refractivity contribution in [2.24, 2.45) is 5.73 Å². The number of hydrogen-bond donors (Lipinski definition) is 5. The molecule has 30 heavy (non-hydrogen) atoms. The van der Waals surface area contributed by atoms with E-state index in [1.165, 1.54) is 5.56 Å². The number of carbonyl (C=O) groups is 2. The molecule has 2 aromatic carbocycles. The Kier molecular flexibility index (Phi) is 5.22. The fourth-order valence-electron chi connectivity index (χ4n) is 4.36. The van der Waals surface area contributed by atoms with Crippen molar-refractivity contribution in [2.45, 2.75) is 43.8 Å². The predicted molar refractivity (Wildman–Crippen MR) is 115 cm³/mol. The van der Waals surface area contributed by atoms with E-state index >= 15 is 0 Å². The number of carbonyl (C=O) groups excluding carboxylic acids is 1. The normalized spacial score (nSPS) is 20.2. The highest BCUT2D eigenvalue weighted by Gasteiger charge is 2.38. The molecule has 4 rings (SSSR count). The van der Waals surface area contributed by atoms with Gasteiger partial charge in [-0.2, -0.15) is 0 Å². The van der Waals surface area contributed by atoms with Gasteiger partial charge < -0.3 is 26.5 Å². The molecule has 3 aromatic rings. The molecular formula is C23H26N4O3. The van der Waals surface area contributed by atoms with Crippen LogP contribution in [0.4, 0.5) is 4.79 Å². The summed E-state index contributed by atoms with van der Waals surface area (Å²) in [5, 5.41) is 15.8. The van der Waals surface area contributed by atoms with Crippen molar-refractivity contribution in [2.75, 3.05) is 0 Å². The molecule has 0 aliphatic heterocycles. The molecule has 0 saturated heterocycles. The first-order valence-corrected chi connectivity index (χ1v) is 10.1. The molecule has 6 N–H and O–H groups in total. The maximum Gasteiger partial charge on any atom is 0.405 e. The van der Waals surface area contributed by atoms with Gasteiger partial charge in [0, 0.05) is 29.6 Å². The van der Waals surface area contributed by atoms with Crippen molar-refractivity contribution in [3.05, 3.63) is 71.4 Å². The van der Waals surface area contributed by atoms with Crippen LogP contribution in [-0.2, 0) is 17.6 Å². The van der Waals surface area contributed by atoms with E-state index in [2.05, 4.69) is 21.7 Å². The Hall–Kier alpha value is -3.32. The number of aromatic nitrogens is 1. The van der Waals surface area contributed by atoms with E-state index in [0.717, 1.165) is 28.5 Å². The standard InChI is InChI=1S/C23H26N4O3/c1-23(27-22(29)30,12-15-13-25-18-9-5-4-7-16(15)18)21(28)26-19-11-10-14-6-2-3-8-17(14)20(19)24/h2-9,13,19-20,25,27H,10-12,24H2,1H3,(H,26,28)(H,29,30)/t19-,20?,23+/m1/s1. The minimum atomic E-state index is -1.34. The van der Waals surface area contributed by atoms with Crippen LogP contribution in [0.15, 0.2) is 54.7 Å². The third-order valence-electron chi connectivity index (χ3n) is 5.99. The summed E-state index contributed by atoms with van der Waals surface area (Å²) in [7, 11) is 0. The number of nitrogens with two attached hydrogens (primary N) is 1. The summed E-state index contributed by atoms with van der Waals surface area (Å²) in [6, 6.07) is 15.1. The molecule has 7 heteroatoms. The quantitative estimate of drug-likeness (QED) is 0.447. The maximum atomic E-state index is 13.3. The smallest absolute Gasteiger partial charge is 0.405 e. The van der Waals surface area contributed by atoms with E-state index < -0.39 is 11.6 Å². The van der Waals surface area contributed by atoms with Gasteiger partial charge in [0.25, 0.3) is 0 Å². The number of rotatable bonds is 5. The molecule has 0 saturated carbocycles. The number of aromatic amines is 1. The molecule has 1 heterocycles. The summed E-state index contributed by atoms with van der Waals surface area (Å²) < 4.78 is 0. The van der Waals surface area contributed by atoms with Crippen LogP contribution in [0.3, 0.4) is 0 Å². The average molecular weight is 406 g/mol. The number of carboxylic acid groups (broad SMARTS) is 1. The van der Waals surface area contributed by atoms with Gasteiger partial charge in [0.15, 0.2) is 0 Å². The zero-order valence-electron chi connectivity index (χ0n) is 16.8. The highest BCUT2D eigenvalue weighted by molar-refractivity contribution is 5.91. The van der Waals surface area contributed by atoms with E-state index in [1.807, 2.05) is 48.7 Å². The second kappa shape index (κ2) is 7.84. The van der Waals surface area contributed by atoms with Crippen LogP contribution in [0.1, 0.15) is 36.1 Å². The molecule has 156 valence electrons. The number of aryl methyl sites for hydroxylation is 1. The molecule has 0 bridgehead atoms. The zero-order valence-corrected chi connectivity index (χ0v) is 16.8. The first-order valence-electron chi connectivity index (χ1n) is 10.1. The molecule has 2 amide bonds. The van der Waals surface area contributed by atoms with Gasteiger partial charge in [0.1, 0.15) is 5.54 Å². The Bertz CT molecular complexity index is 1090. The lowest BCUT2D eigenvalue weighted by Crippen LogP contribution is -2.61. The molecule has 1 aromatic heterocycles. The lowest BCUT2D eigenvalue weighted by molar-refractivity contribution is -0.127. The van der Waals surface area contributed by atoms with Crippen LogP contribution < -0.4 is 16.4 Å². The Morgan fingerprint density at radius 3 is 2.73 bits per heavy atom. The summed E-state index contributed by atoms with van der Waals surface area (Å²) in [6.45, 7) is 1.61. The first kappa shape index (κ1) is 20.0. The van der Waals surface area contributed by atoms with Gasteiger partial charge in [-0.3, -0.25) is 4.79 Å². The second-order valence-corrected chi connectivity index (χ2v) is 8.14. The summed E-state index contributed by atoms with van der Waals surface area (Å²) in [5.41, 5.74) is 9.13. The minimum absolute atomic E-state index is 0.216. The number of benzene rings is 2. The topological polar surface area (TPSA) is 120 Å². The summed E-state index contributed by atoms with van der Waals surface area (Å²) in [6.07, 6.45) is 2.32.